The Labute approximate surface area is 184 Å². The molecule has 2 N–H and O–H groups in total. The summed E-state index contributed by atoms with van der Waals surface area (Å²) in [5.41, 5.74) is 2.79. The number of carboxylic acid groups (broad SMARTS) is 1. The molecular formula is C25H20ClNO4. The van der Waals surface area contributed by atoms with Gasteiger partial charge in [-0.05, 0) is 66.8 Å². The van der Waals surface area contributed by atoms with E-state index in [0.717, 1.165) is 22.6 Å². The van der Waals surface area contributed by atoms with Crippen LogP contribution in [0.2, 0.25) is 5.02 Å². The number of ether oxygens (including phenoxy) is 1. The maximum Gasteiger partial charge on any atom is 0.332 e. The number of aliphatic carboxylic acids is 1. The van der Waals surface area contributed by atoms with Crippen LogP contribution < -0.4 is 10.1 Å². The largest absolute Gasteiger partial charge is 0.478 e. The summed E-state index contributed by atoms with van der Waals surface area (Å²) in [7, 11) is 0. The number of hydrogen-bond donors (Lipinski definition) is 2. The summed E-state index contributed by atoms with van der Waals surface area (Å²) < 4.78 is 5.81. The zero-order valence-electron chi connectivity index (χ0n) is 16.6. The van der Waals surface area contributed by atoms with Gasteiger partial charge in [0.05, 0.1) is 10.7 Å². The summed E-state index contributed by atoms with van der Waals surface area (Å²) in [6.45, 7) is 0. The van der Waals surface area contributed by atoms with Crippen LogP contribution in [0.25, 0.3) is 11.1 Å². The lowest BCUT2D eigenvalue weighted by molar-refractivity contribution is -0.133. The fourth-order valence-electron chi connectivity index (χ4n) is 3.56. The van der Waals surface area contributed by atoms with Gasteiger partial charge in [-0.3, -0.25) is 4.79 Å². The van der Waals surface area contributed by atoms with E-state index >= 15 is 0 Å². The van der Waals surface area contributed by atoms with Crippen molar-refractivity contribution in [3.8, 4) is 22.6 Å². The molecule has 0 aliphatic heterocycles. The minimum Gasteiger partial charge on any atom is -0.478 e. The van der Waals surface area contributed by atoms with E-state index in [1.54, 1.807) is 12.1 Å². The van der Waals surface area contributed by atoms with E-state index in [9.17, 15) is 14.7 Å². The highest BCUT2D eigenvalue weighted by Crippen LogP contribution is 2.32. The van der Waals surface area contributed by atoms with Crippen molar-refractivity contribution in [3.05, 3.63) is 89.0 Å². The van der Waals surface area contributed by atoms with Crippen LogP contribution in [-0.2, 0) is 9.59 Å². The Morgan fingerprint density at radius 2 is 1.48 bits per heavy atom. The normalized spacial score (nSPS) is 13.2. The van der Waals surface area contributed by atoms with Crippen molar-refractivity contribution < 1.29 is 19.4 Å². The molecule has 4 rings (SSSR count). The standard InChI is InChI=1S/C25H20ClNO4/c26-22-15-17(16-9-12-19(13-10-16)31-18-5-2-1-3-6-18)11-14-23(22)27-24(28)20-7-4-8-21(20)25(29)30/h1-3,5-6,9-15H,4,7-8H2,(H,27,28)(H,29,30). The number of carbonyl (C=O) groups excluding carboxylic acids is 1. The Morgan fingerprint density at radius 3 is 2.16 bits per heavy atom. The highest BCUT2D eigenvalue weighted by molar-refractivity contribution is 6.34. The average molecular weight is 434 g/mol. The van der Waals surface area contributed by atoms with Crippen molar-refractivity contribution in [1.82, 2.24) is 0 Å². The van der Waals surface area contributed by atoms with E-state index in [-0.39, 0.29) is 5.57 Å². The maximum atomic E-state index is 12.5. The molecular weight excluding hydrogens is 414 g/mol. The van der Waals surface area contributed by atoms with Crippen molar-refractivity contribution >= 4 is 29.2 Å². The molecule has 0 saturated heterocycles. The van der Waals surface area contributed by atoms with Crippen molar-refractivity contribution in [3.63, 3.8) is 0 Å². The number of carbonyl (C=O) groups is 2. The molecule has 6 heteroatoms. The van der Waals surface area contributed by atoms with Crippen LogP contribution in [0.15, 0.2) is 83.9 Å². The van der Waals surface area contributed by atoms with Gasteiger partial charge in [0, 0.05) is 11.1 Å². The van der Waals surface area contributed by atoms with Crippen LogP contribution in [0, 0.1) is 0 Å². The van der Waals surface area contributed by atoms with Crippen LogP contribution in [0.1, 0.15) is 19.3 Å². The summed E-state index contributed by atoms with van der Waals surface area (Å²) in [6.07, 6.45) is 1.54. The molecule has 0 fully saturated rings. The van der Waals surface area contributed by atoms with Gasteiger partial charge in [0.2, 0.25) is 0 Å². The smallest absolute Gasteiger partial charge is 0.332 e. The number of halogens is 1. The molecule has 1 aliphatic carbocycles. The average Bonchev–Trinajstić information content (AvgIpc) is 3.27. The summed E-state index contributed by atoms with van der Waals surface area (Å²) in [4.78, 5) is 23.8. The number of para-hydroxylation sites is 1. The van der Waals surface area contributed by atoms with E-state index in [1.807, 2.05) is 60.7 Å². The lowest BCUT2D eigenvalue weighted by Crippen LogP contribution is -2.16. The first-order valence-corrected chi connectivity index (χ1v) is 10.3. The molecule has 1 amide bonds. The number of rotatable bonds is 6. The lowest BCUT2D eigenvalue weighted by atomic mass is 10.0. The first kappa shape index (κ1) is 20.7. The third-order valence-electron chi connectivity index (χ3n) is 5.13. The number of nitrogens with one attached hydrogen (secondary N) is 1. The Morgan fingerprint density at radius 1 is 0.839 bits per heavy atom. The molecule has 156 valence electrons. The van der Waals surface area contributed by atoms with E-state index < -0.39 is 11.9 Å². The van der Waals surface area contributed by atoms with Gasteiger partial charge >= 0.3 is 5.97 Å². The maximum absolute atomic E-state index is 12.5. The Hall–Kier alpha value is -3.57. The van der Waals surface area contributed by atoms with Gasteiger partial charge in [-0.1, -0.05) is 48.0 Å². The summed E-state index contributed by atoms with van der Waals surface area (Å²) in [5, 5.41) is 12.4. The first-order chi connectivity index (χ1) is 15.0. The summed E-state index contributed by atoms with van der Waals surface area (Å²) in [6, 6.07) is 22.5. The number of amides is 1. The second-order valence-corrected chi connectivity index (χ2v) is 7.61. The number of hydrogen-bond acceptors (Lipinski definition) is 3. The number of carboxylic acids is 1. The molecule has 0 radical (unpaired) electrons. The van der Waals surface area contributed by atoms with Gasteiger partial charge < -0.3 is 15.2 Å². The van der Waals surface area contributed by atoms with Gasteiger partial charge in [-0.2, -0.15) is 0 Å². The predicted molar refractivity (Wildman–Crippen MR) is 121 cm³/mol. The highest BCUT2D eigenvalue weighted by atomic mass is 35.5. The Kier molecular flexibility index (Phi) is 6.05. The molecule has 0 atom stereocenters. The minimum absolute atomic E-state index is 0.183. The summed E-state index contributed by atoms with van der Waals surface area (Å²) >= 11 is 6.40. The van der Waals surface area contributed by atoms with E-state index in [4.69, 9.17) is 16.3 Å². The van der Waals surface area contributed by atoms with Gasteiger partial charge in [0.1, 0.15) is 11.5 Å². The lowest BCUT2D eigenvalue weighted by Gasteiger charge is -2.11. The van der Waals surface area contributed by atoms with Gasteiger partial charge in [-0.25, -0.2) is 4.79 Å². The van der Waals surface area contributed by atoms with Gasteiger partial charge in [-0.15, -0.1) is 0 Å². The molecule has 0 bridgehead atoms. The van der Waals surface area contributed by atoms with Crippen molar-refractivity contribution in [2.24, 2.45) is 0 Å². The van der Waals surface area contributed by atoms with Gasteiger partial charge in [0.15, 0.2) is 0 Å². The topological polar surface area (TPSA) is 75.6 Å². The number of benzene rings is 3. The second kappa shape index (κ2) is 9.06. The molecule has 31 heavy (non-hydrogen) atoms. The molecule has 1 aliphatic rings. The zero-order valence-corrected chi connectivity index (χ0v) is 17.4. The quantitative estimate of drug-likeness (QED) is 0.478. The predicted octanol–water partition coefficient (Wildman–Crippen LogP) is 6.30. The molecule has 0 unspecified atom stereocenters. The molecule has 5 nitrogen and oxygen atoms in total. The molecule has 0 heterocycles. The molecule has 3 aromatic carbocycles. The second-order valence-electron chi connectivity index (χ2n) is 7.20. The first-order valence-electron chi connectivity index (χ1n) is 9.91. The summed E-state index contributed by atoms with van der Waals surface area (Å²) in [5.74, 6) is 0.0431. The SMILES string of the molecule is O=C(O)C1=C(C(=O)Nc2ccc(-c3ccc(Oc4ccccc4)cc3)cc2Cl)CCC1. The van der Waals surface area contributed by atoms with Crippen LogP contribution in [-0.4, -0.2) is 17.0 Å². The van der Waals surface area contributed by atoms with Crippen LogP contribution in [0.3, 0.4) is 0 Å². The molecule has 0 aromatic heterocycles. The van der Waals surface area contributed by atoms with Crippen molar-refractivity contribution in [2.45, 2.75) is 19.3 Å². The van der Waals surface area contributed by atoms with E-state index in [1.165, 1.54) is 0 Å². The zero-order chi connectivity index (χ0) is 21.8. The third kappa shape index (κ3) is 4.78. The van der Waals surface area contributed by atoms with Crippen LogP contribution in [0.4, 0.5) is 5.69 Å². The van der Waals surface area contributed by atoms with Gasteiger partial charge in [0.25, 0.3) is 5.91 Å². The van der Waals surface area contributed by atoms with Crippen LogP contribution >= 0.6 is 11.6 Å². The molecule has 0 saturated carbocycles. The number of anilines is 1. The fourth-order valence-corrected chi connectivity index (χ4v) is 3.79. The van der Waals surface area contributed by atoms with Crippen molar-refractivity contribution in [1.29, 1.82) is 0 Å². The Balaban J connectivity index is 1.48. The van der Waals surface area contributed by atoms with Crippen LogP contribution in [0.5, 0.6) is 11.5 Å². The highest BCUT2D eigenvalue weighted by Gasteiger charge is 2.25. The fraction of sp³-hybridized carbons (Fsp3) is 0.120. The molecule has 0 spiro atoms. The van der Waals surface area contributed by atoms with E-state index in [0.29, 0.717) is 35.5 Å². The van der Waals surface area contributed by atoms with Crippen molar-refractivity contribution in [2.75, 3.05) is 5.32 Å². The monoisotopic (exact) mass is 433 g/mol. The Bertz CT molecular complexity index is 1150. The minimum atomic E-state index is -1.04. The molecule has 3 aromatic rings. The third-order valence-corrected chi connectivity index (χ3v) is 5.45. The van der Waals surface area contributed by atoms with E-state index in [2.05, 4.69) is 5.32 Å².